The van der Waals surface area contributed by atoms with Gasteiger partial charge < -0.3 is 4.52 Å². The summed E-state index contributed by atoms with van der Waals surface area (Å²) in [7, 11) is 0. The van der Waals surface area contributed by atoms with Crippen molar-refractivity contribution in [3.05, 3.63) is 47.9 Å². The number of pyridine rings is 1. The van der Waals surface area contributed by atoms with Crippen LogP contribution in [0.5, 0.6) is 0 Å². The van der Waals surface area contributed by atoms with Gasteiger partial charge in [-0.1, -0.05) is 11.1 Å². The first-order chi connectivity index (χ1) is 10.8. The Balaban J connectivity index is 1.89. The molecule has 3 rings (SSSR count). The molecule has 6 nitrogen and oxygen atoms in total. The van der Waals surface area contributed by atoms with Crippen LogP contribution in [0.1, 0.15) is 10.5 Å². The summed E-state index contributed by atoms with van der Waals surface area (Å²) < 4.78 is 5.21. The minimum absolute atomic E-state index is 0.113. The fourth-order valence-electron chi connectivity index (χ4n) is 1.83. The molecule has 0 unspecified atom stereocenters. The Hall–Kier alpha value is -2.98. The van der Waals surface area contributed by atoms with Gasteiger partial charge in [-0.2, -0.15) is 0 Å². The normalized spacial score (nSPS) is 10.1. The van der Waals surface area contributed by atoms with Crippen molar-refractivity contribution in [2.45, 2.75) is 0 Å². The third-order valence-corrected chi connectivity index (χ3v) is 3.61. The molecule has 0 N–H and O–H groups in total. The van der Waals surface area contributed by atoms with Gasteiger partial charge in [-0.05, 0) is 12.1 Å². The van der Waals surface area contributed by atoms with E-state index in [1.807, 2.05) is 6.07 Å². The number of aromatic nitrogens is 3. The Labute approximate surface area is 130 Å². The maximum absolute atomic E-state index is 12.5. The third-order valence-electron chi connectivity index (χ3n) is 2.82. The molecule has 108 valence electrons. The Morgan fingerprint density at radius 1 is 1.45 bits per heavy atom. The first-order valence-electron chi connectivity index (χ1n) is 6.31. The highest BCUT2D eigenvalue weighted by atomic mass is 32.1. The number of carbonyl (C=O) groups excluding carboxylic acids is 1. The molecule has 0 aliphatic heterocycles. The molecular weight excluding hydrogens is 300 g/mol. The third kappa shape index (κ3) is 2.73. The number of hydrogen-bond acceptors (Lipinski definition) is 6. The maximum Gasteiger partial charge on any atom is 0.283 e. The van der Waals surface area contributed by atoms with Crippen molar-refractivity contribution in [1.82, 2.24) is 15.1 Å². The van der Waals surface area contributed by atoms with Crippen LogP contribution in [0.25, 0.3) is 11.3 Å². The van der Waals surface area contributed by atoms with Crippen LogP contribution in [0.3, 0.4) is 0 Å². The molecule has 0 saturated heterocycles. The fraction of sp³-hybridized carbons (Fsp3) is 0.0667. The van der Waals surface area contributed by atoms with Gasteiger partial charge in [0.05, 0.1) is 6.54 Å². The van der Waals surface area contributed by atoms with E-state index in [1.54, 1.807) is 36.1 Å². The molecule has 3 heterocycles. The highest BCUT2D eigenvalue weighted by molar-refractivity contribution is 7.13. The van der Waals surface area contributed by atoms with E-state index in [-0.39, 0.29) is 18.1 Å². The van der Waals surface area contributed by atoms with Gasteiger partial charge in [-0.15, -0.1) is 17.8 Å². The van der Waals surface area contributed by atoms with Crippen molar-refractivity contribution in [2.75, 3.05) is 11.4 Å². The van der Waals surface area contributed by atoms with Crippen LogP contribution in [0, 0.1) is 12.3 Å². The number of thiazole rings is 1. The lowest BCUT2D eigenvalue weighted by molar-refractivity contribution is 0.0981. The van der Waals surface area contributed by atoms with Crippen molar-refractivity contribution in [1.29, 1.82) is 0 Å². The van der Waals surface area contributed by atoms with E-state index in [2.05, 4.69) is 21.0 Å². The molecule has 1 amide bonds. The van der Waals surface area contributed by atoms with Crippen LogP contribution < -0.4 is 4.90 Å². The molecule has 0 saturated carbocycles. The maximum atomic E-state index is 12.5. The van der Waals surface area contributed by atoms with Gasteiger partial charge in [0.15, 0.2) is 16.6 Å². The van der Waals surface area contributed by atoms with Crippen LogP contribution in [0.15, 0.2) is 46.7 Å². The van der Waals surface area contributed by atoms with Crippen molar-refractivity contribution < 1.29 is 9.32 Å². The van der Waals surface area contributed by atoms with Crippen molar-refractivity contribution in [3.63, 3.8) is 0 Å². The number of nitrogens with zero attached hydrogens (tertiary/aromatic N) is 4. The summed E-state index contributed by atoms with van der Waals surface area (Å²) in [4.78, 5) is 22.0. The predicted molar refractivity (Wildman–Crippen MR) is 82.4 cm³/mol. The molecule has 3 aromatic heterocycles. The topological polar surface area (TPSA) is 72.1 Å². The summed E-state index contributed by atoms with van der Waals surface area (Å²) in [6, 6.07) is 5.16. The minimum atomic E-state index is -0.355. The highest BCUT2D eigenvalue weighted by Crippen LogP contribution is 2.23. The molecule has 0 bridgehead atoms. The zero-order valence-electron chi connectivity index (χ0n) is 11.3. The number of terminal acetylenes is 1. The quantitative estimate of drug-likeness (QED) is 0.692. The predicted octanol–water partition coefficient (Wildman–Crippen LogP) is 2.47. The summed E-state index contributed by atoms with van der Waals surface area (Å²) in [6.45, 7) is 0.113. The van der Waals surface area contributed by atoms with Gasteiger partial charge in [-0.25, -0.2) is 4.98 Å². The van der Waals surface area contributed by atoms with E-state index in [4.69, 9.17) is 10.9 Å². The van der Waals surface area contributed by atoms with Gasteiger partial charge in [0.2, 0.25) is 0 Å². The molecule has 0 spiro atoms. The average Bonchev–Trinajstić information content (AvgIpc) is 3.24. The molecular formula is C15H10N4O2S. The van der Waals surface area contributed by atoms with Crippen molar-refractivity contribution in [2.24, 2.45) is 0 Å². The van der Waals surface area contributed by atoms with Gasteiger partial charge in [0.25, 0.3) is 5.91 Å². The number of anilines is 1. The number of rotatable bonds is 4. The largest absolute Gasteiger partial charge is 0.355 e. The molecule has 0 atom stereocenters. The van der Waals surface area contributed by atoms with Gasteiger partial charge in [0, 0.05) is 35.6 Å². The van der Waals surface area contributed by atoms with E-state index in [0.29, 0.717) is 10.9 Å². The number of hydrogen-bond donors (Lipinski definition) is 0. The first-order valence-corrected chi connectivity index (χ1v) is 7.19. The monoisotopic (exact) mass is 310 g/mol. The lowest BCUT2D eigenvalue weighted by atomic mass is 10.2. The van der Waals surface area contributed by atoms with Crippen LogP contribution in [0.2, 0.25) is 0 Å². The molecule has 0 aromatic carbocycles. The number of amides is 1. The van der Waals surface area contributed by atoms with Crippen LogP contribution in [-0.2, 0) is 0 Å². The van der Waals surface area contributed by atoms with Crippen molar-refractivity contribution >= 4 is 22.4 Å². The highest BCUT2D eigenvalue weighted by Gasteiger charge is 2.22. The van der Waals surface area contributed by atoms with Crippen LogP contribution in [0.4, 0.5) is 5.13 Å². The van der Waals surface area contributed by atoms with E-state index in [0.717, 1.165) is 5.56 Å². The van der Waals surface area contributed by atoms with Crippen LogP contribution in [-0.4, -0.2) is 27.6 Å². The van der Waals surface area contributed by atoms with E-state index < -0.39 is 0 Å². The minimum Gasteiger partial charge on any atom is -0.355 e. The first kappa shape index (κ1) is 14.0. The standard InChI is InChI=1S/C15H10N4O2S/c1-2-7-19(15-17-6-8-22-15)14(20)12-9-13(21-18-12)11-4-3-5-16-10-11/h1,3-6,8-10H,7H2. The molecule has 22 heavy (non-hydrogen) atoms. The number of carbonyl (C=O) groups is 1. The van der Waals surface area contributed by atoms with Gasteiger partial charge in [0.1, 0.15) is 0 Å². The Morgan fingerprint density at radius 2 is 2.36 bits per heavy atom. The van der Waals surface area contributed by atoms with E-state index >= 15 is 0 Å². The summed E-state index contributed by atoms with van der Waals surface area (Å²) in [5.41, 5.74) is 0.913. The molecule has 0 radical (unpaired) electrons. The van der Waals surface area contributed by atoms with Crippen LogP contribution >= 0.6 is 11.3 Å². The smallest absolute Gasteiger partial charge is 0.283 e. The summed E-state index contributed by atoms with van der Waals surface area (Å²) in [5.74, 6) is 2.56. The fourth-order valence-corrected chi connectivity index (χ4v) is 2.47. The molecule has 0 aliphatic carbocycles. The average molecular weight is 310 g/mol. The van der Waals surface area contributed by atoms with Crippen molar-refractivity contribution in [3.8, 4) is 23.7 Å². The molecule has 3 aromatic rings. The molecule has 0 fully saturated rings. The molecule has 7 heteroatoms. The Morgan fingerprint density at radius 3 is 3.05 bits per heavy atom. The zero-order chi connectivity index (χ0) is 15.4. The summed E-state index contributed by atoms with van der Waals surface area (Å²) >= 11 is 1.33. The Kier molecular flexibility index (Phi) is 3.94. The van der Waals surface area contributed by atoms with E-state index in [9.17, 15) is 4.79 Å². The second-order valence-electron chi connectivity index (χ2n) is 4.23. The second kappa shape index (κ2) is 6.20. The lowest BCUT2D eigenvalue weighted by Crippen LogP contribution is -2.31. The summed E-state index contributed by atoms with van der Waals surface area (Å²) in [5, 5.41) is 6.12. The van der Waals surface area contributed by atoms with Gasteiger partial charge in [-0.3, -0.25) is 14.7 Å². The zero-order valence-corrected chi connectivity index (χ0v) is 12.2. The second-order valence-corrected chi connectivity index (χ2v) is 5.10. The van der Waals surface area contributed by atoms with Gasteiger partial charge >= 0.3 is 0 Å². The lowest BCUT2D eigenvalue weighted by Gasteiger charge is -2.14. The van der Waals surface area contributed by atoms with E-state index in [1.165, 1.54) is 16.2 Å². The SMILES string of the molecule is C#CCN(C(=O)c1cc(-c2cccnc2)on1)c1nccs1. The molecule has 0 aliphatic rings. The summed E-state index contributed by atoms with van der Waals surface area (Å²) in [6.07, 6.45) is 10.2. The Bertz CT molecular complexity index is 806.